The fourth-order valence-electron chi connectivity index (χ4n) is 4.32. The Labute approximate surface area is 169 Å². The summed E-state index contributed by atoms with van der Waals surface area (Å²) < 4.78 is 9.98. The number of likely N-dealkylation sites (tertiary alicyclic amines) is 1. The predicted molar refractivity (Wildman–Crippen MR) is 110 cm³/mol. The van der Waals surface area contributed by atoms with E-state index < -0.39 is 0 Å². The van der Waals surface area contributed by atoms with Gasteiger partial charge >= 0.3 is 5.65 Å². The molecule has 0 saturated carbocycles. The monoisotopic (exact) mass is 401 g/mol. The summed E-state index contributed by atoms with van der Waals surface area (Å²) in [5.74, 6) is 1.81. The largest absolute Gasteiger partial charge is 0.496 e. The van der Waals surface area contributed by atoms with Crippen molar-refractivity contribution in [1.29, 1.82) is 0 Å². The number of likely N-dealkylation sites (N-methyl/N-ethyl adjacent to an activating group) is 1. The number of aryl methyl sites for hydroxylation is 1. The van der Waals surface area contributed by atoms with Crippen molar-refractivity contribution >= 4 is 28.6 Å². The van der Waals surface area contributed by atoms with Crippen molar-refractivity contribution in [3.63, 3.8) is 0 Å². The van der Waals surface area contributed by atoms with E-state index in [1.807, 2.05) is 24.0 Å². The van der Waals surface area contributed by atoms with E-state index >= 15 is 0 Å². The van der Waals surface area contributed by atoms with E-state index in [0.717, 1.165) is 46.2 Å². The number of hydrogen-bond acceptors (Lipinski definition) is 5. The highest BCUT2D eigenvalue weighted by Gasteiger charge is 2.33. The maximum absolute atomic E-state index is 6.66. The average Bonchev–Trinajstić information content (AvgIpc) is 2.98. The molecule has 28 heavy (non-hydrogen) atoms. The van der Waals surface area contributed by atoms with Crippen LogP contribution in [0.25, 0.3) is 11.2 Å². The first-order valence-electron chi connectivity index (χ1n) is 9.35. The number of nitrogen functional groups attached to an aromatic ring is 1. The maximum Gasteiger partial charge on any atom is 0.307 e. The van der Waals surface area contributed by atoms with Crippen LogP contribution in [0.1, 0.15) is 35.6 Å². The number of anilines is 1. The molecule has 3 heterocycles. The van der Waals surface area contributed by atoms with E-state index in [0.29, 0.717) is 11.7 Å². The highest BCUT2D eigenvalue weighted by atomic mass is 35.5. The molecule has 0 aliphatic carbocycles. The molecular formula is C20H26ClN6O+. The topological polar surface area (TPSA) is 73.1 Å². The summed E-state index contributed by atoms with van der Waals surface area (Å²) in [7, 11) is 5.81. The Bertz CT molecular complexity index is 1060. The lowest BCUT2D eigenvalue weighted by Gasteiger charge is -2.38. The van der Waals surface area contributed by atoms with Crippen molar-refractivity contribution in [3.8, 4) is 5.75 Å². The lowest BCUT2D eigenvalue weighted by Crippen LogP contribution is -2.42. The number of nitrogens with two attached hydrogens (primary N) is 1. The number of imidazole rings is 1. The number of benzene rings is 1. The van der Waals surface area contributed by atoms with Crippen molar-refractivity contribution in [2.75, 3.05) is 33.0 Å². The van der Waals surface area contributed by atoms with Crippen LogP contribution in [-0.4, -0.2) is 46.7 Å². The third kappa shape index (κ3) is 2.81. The number of rotatable bonds is 4. The Morgan fingerprint density at radius 3 is 2.68 bits per heavy atom. The smallest absolute Gasteiger partial charge is 0.307 e. The Morgan fingerprint density at radius 1 is 1.32 bits per heavy atom. The summed E-state index contributed by atoms with van der Waals surface area (Å²) in [6.07, 6.45) is 3.49. The number of aromatic nitrogens is 4. The molecule has 0 bridgehead atoms. The Balaban J connectivity index is 1.89. The van der Waals surface area contributed by atoms with E-state index in [1.54, 1.807) is 7.11 Å². The molecule has 1 saturated heterocycles. The van der Waals surface area contributed by atoms with Crippen molar-refractivity contribution in [2.24, 2.45) is 7.05 Å². The molecule has 1 unspecified atom stereocenters. The zero-order valence-electron chi connectivity index (χ0n) is 16.9. The van der Waals surface area contributed by atoms with Gasteiger partial charge in [0.2, 0.25) is 5.52 Å². The molecule has 1 fully saturated rings. The van der Waals surface area contributed by atoms with Crippen LogP contribution in [0, 0.1) is 6.92 Å². The van der Waals surface area contributed by atoms with Gasteiger partial charge in [0.1, 0.15) is 11.8 Å². The number of halogens is 1. The molecule has 1 aliphatic heterocycles. The van der Waals surface area contributed by atoms with E-state index in [2.05, 4.69) is 40.3 Å². The SMILES string of the molecule is COc1c(C(C)[n+]2cn(C)c3c(N)ncnc32)cc(Cl)c(C)c1C1CN(C)C1. The van der Waals surface area contributed by atoms with Gasteiger partial charge < -0.3 is 15.4 Å². The second-order valence-corrected chi connectivity index (χ2v) is 8.09. The van der Waals surface area contributed by atoms with Gasteiger partial charge in [0.15, 0.2) is 18.5 Å². The molecule has 0 radical (unpaired) electrons. The Hall–Kier alpha value is -2.38. The first-order chi connectivity index (χ1) is 13.3. The fourth-order valence-corrected chi connectivity index (χ4v) is 4.54. The van der Waals surface area contributed by atoms with Crippen LogP contribution in [0.4, 0.5) is 5.82 Å². The number of methoxy groups -OCH3 is 1. The summed E-state index contributed by atoms with van der Waals surface area (Å²) in [6.45, 7) is 6.22. The summed E-state index contributed by atoms with van der Waals surface area (Å²) in [4.78, 5) is 10.9. The second kappa shape index (κ2) is 6.90. The predicted octanol–water partition coefficient (Wildman–Crippen LogP) is 2.45. The lowest BCUT2D eigenvalue weighted by atomic mass is 9.85. The molecule has 148 valence electrons. The number of hydrogen-bond donors (Lipinski definition) is 1. The van der Waals surface area contributed by atoms with Gasteiger partial charge in [0.25, 0.3) is 0 Å². The highest BCUT2D eigenvalue weighted by molar-refractivity contribution is 6.31. The molecule has 2 N–H and O–H groups in total. The standard InChI is InChI=1S/C20H26ClN6O/c1-11-15(21)6-14(18(28-5)16(11)13-7-25(3)8-13)12(2)27-10-26(4)17-19(22)23-9-24-20(17)27/h6,9-10,12-13H,7-8H2,1-5H3,(H2,22,23,24)/q+1. The Morgan fingerprint density at radius 2 is 2.04 bits per heavy atom. The highest BCUT2D eigenvalue weighted by Crippen LogP contribution is 2.42. The zero-order chi connectivity index (χ0) is 20.2. The zero-order valence-corrected chi connectivity index (χ0v) is 17.7. The van der Waals surface area contributed by atoms with Crippen LogP contribution in [-0.2, 0) is 7.05 Å². The van der Waals surface area contributed by atoms with Gasteiger partial charge in [-0.3, -0.25) is 4.57 Å². The van der Waals surface area contributed by atoms with Gasteiger partial charge in [-0.05, 0) is 32.5 Å². The molecule has 8 heteroatoms. The molecular weight excluding hydrogens is 376 g/mol. The summed E-state index contributed by atoms with van der Waals surface area (Å²) in [5, 5.41) is 0.766. The van der Waals surface area contributed by atoms with Crippen LogP contribution in [0.2, 0.25) is 5.02 Å². The van der Waals surface area contributed by atoms with Crippen molar-refractivity contribution in [1.82, 2.24) is 19.4 Å². The third-order valence-electron chi connectivity index (χ3n) is 5.82. The first kappa shape index (κ1) is 19.0. The van der Waals surface area contributed by atoms with Gasteiger partial charge in [-0.25, -0.2) is 4.57 Å². The normalized spacial score (nSPS) is 16.4. The maximum atomic E-state index is 6.66. The van der Waals surface area contributed by atoms with Crippen molar-refractivity contribution in [3.05, 3.63) is 40.4 Å². The van der Waals surface area contributed by atoms with E-state index in [1.165, 1.54) is 11.9 Å². The lowest BCUT2D eigenvalue weighted by molar-refractivity contribution is -0.687. The third-order valence-corrected chi connectivity index (χ3v) is 6.21. The molecule has 1 aliphatic rings. The molecule has 1 atom stereocenters. The minimum atomic E-state index is -0.0393. The number of ether oxygens (including phenoxy) is 1. The summed E-state index contributed by atoms with van der Waals surface area (Å²) in [6, 6.07) is 1.98. The molecule has 0 amide bonds. The number of fused-ring (bicyclic) bond motifs is 1. The van der Waals surface area contributed by atoms with Gasteiger partial charge in [-0.2, -0.15) is 4.98 Å². The molecule has 4 rings (SSSR count). The van der Waals surface area contributed by atoms with Crippen LogP contribution in [0.3, 0.4) is 0 Å². The van der Waals surface area contributed by atoms with Crippen LogP contribution in [0.5, 0.6) is 5.75 Å². The number of nitrogens with zero attached hydrogens (tertiary/aromatic N) is 5. The van der Waals surface area contributed by atoms with Crippen LogP contribution >= 0.6 is 11.6 Å². The molecule has 2 aromatic heterocycles. The summed E-state index contributed by atoms with van der Waals surface area (Å²) >= 11 is 6.66. The quantitative estimate of drug-likeness (QED) is 0.680. The van der Waals surface area contributed by atoms with Crippen LogP contribution in [0.15, 0.2) is 18.7 Å². The van der Waals surface area contributed by atoms with Crippen molar-refractivity contribution < 1.29 is 9.30 Å². The first-order valence-corrected chi connectivity index (χ1v) is 9.73. The summed E-state index contributed by atoms with van der Waals surface area (Å²) in [5.41, 5.74) is 11.0. The Kier molecular flexibility index (Phi) is 4.67. The van der Waals surface area contributed by atoms with E-state index in [4.69, 9.17) is 22.1 Å². The second-order valence-electron chi connectivity index (χ2n) is 7.68. The van der Waals surface area contributed by atoms with Crippen LogP contribution < -0.4 is 15.0 Å². The minimum Gasteiger partial charge on any atom is -0.496 e. The van der Waals surface area contributed by atoms with Gasteiger partial charge in [-0.15, -0.1) is 0 Å². The van der Waals surface area contributed by atoms with E-state index in [-0.39, 0.29) is 6.04 Å². The fraction of sp³-hybridized carbons (Fsp3) is 0.450. The molecule has 3 aromatic rings. The van der Waals surface area contributed by atoms with Gasteiger partial charge in [0.05, 0.1) is 14.2 Å². The van der Waals surface area contributed by atoms with Gasteiger partial charge in [-0.1, -0.05) is 16.6 Å². The van der Waals surface area contributed by atoms with Crippen molar-refractivity contribution in [2.45, 2.75) is 25.8 Å². The van der Waals surface area contributed by atoms with Gasteiger partial charge in [0, 0.05) is 35.2 Å². The minimum absolute atomic E-state index is 0.0393. The van der Waals surface area contributed by atoms with E-state index in [9.17, 15) is 0 Å². The molecule has 7 nitrogen and oxygen atoms in total. The average molecular weight is 402 g/mol. The molecule has 0 spiro atoms. The molecule has 1 aromatic carbocycles.